The maximum Gasteiger partial charge on any atom is 0.243 e. The Labute approximate surface area is 166 Å². The highest BCUT2D eigenvalue weighted by molar-refractivity contribution is 5.76. The molecule has 28 heavy (non-hydrogen) atoms. The lowest BCUT2D eigenvalue weighted by molar-refractivity contribution is -0.131. The molecule has 4 rings (SSSR count). The van der Waals surface area contributed by atoms with Crippen LogP contribution in [0, 0.1) is 5.92 Å². The van der Waals surface area contributed by atoms with Gasteiger partial charge in [0.1, 0.15) is 0 Å². The first-order chi connectivity index (χ1) is 13.7. The monoisotopic (exact) mass is 382 g/mol. The van der Waals surface area contributed by atoms with Gasteiger partial charge in [0.15, 0.2) is 5.82 Å². The summed E-state index contributed by atoms with van der Waals surface area (Å²) in [4.78, 5) is 21.4. The summed E-state index contributed by atoms with van der Waals surface area (Å²) < 4.78 is 5.55. The van der Waals surface area contributed by atoms with E-state index >= 15 is 0 Å². The molecule has 0 bridgehead atoms. The number of nitrogens with zero attached hydrogens (tertiary/aromatic N) is 4. The van der Waals surface area contributed by atoms with E-state index in [4.69, 9.17) is 4.52 Å². The molecule has 6 heteroatoms. The molecular weight excluding hydrogens is 352 g/mol. The van der Waals surface area contributed by atoms with Gasteiger partial charge in [-0.1, -0.05) is 35.5 Å². The molecule has 2 fully saturated rings. The van der Waals surface area contributed by atoms with Crippen molar-refractivity contribution in [1.29, 1.82) is 0 Å². The topological polar surface area (TPSA) is 62.5 Å². The summed E-state index contributed by atoms with van der Waals surface area (Å²) in [6.45, 7) is 6.01. The van der Waals surface area contributed by atoms with Gasteiger partial charge in [-0.3, -0.25) is 9.69 Å². The number of piperidine rings is 1. The minimum atomic E-state index is 0.118. The van der Waals surface area contributed by atoms with Crippen LogP contribution in [0.15, 0.2) is 34.9 Å². The number of amides is 1. The van der Waals surface area contributed by atoms with Crippen molar-refractivity contribution >= 4 is 5.91 Å². The van der Waals surface area contributed by atoms with Gasteiger partial charge in [-0.2, -0.15) is 4.98 Å². The average molecular weight is 383 g/mol. The maximum absolute atomic E-state index is 12.4. The standard InChI is InChI=1S/C22H30N4O2/c1-17(22-23-20(24-28-22)15-18-7-3-2-4-8-18)25-13-9-19(10-14-25)16-21(27)26-11-5-6-12-26/h2-4,7-8,17,19H,5-6,9-16H2,1H3. The molecule has 2 aromatic rings. The average Bonchev–Trinajstić information content (AvgIpc) is 3.41. The SMILES string of the molecule is CC(c1nc(Cc2ccccc2)no1)N1CCC(CC(=O)N2CCCC2)CC1. The highest BCUT2D eigenvalue weighted by Gasteiger charge is 2.29. The highest BCUT2D eigenvalue weighted by atomic mass is 16.5. The van der Waals surface area contributed by atoms with Crippen molar-refractivity contribution in [2.24, 2.45) is 5.92 Å². The number of carbonyl (C=O) groups excluding carboxylic acids is 1. The molecule has 3 heterocycles. The molecule has 1 aromatic carbocycles. The van der Waals surface area contributed by atoms with Crippen LogP contribution in [-0.4, -0.2) is 52.0 Å². The van der Waals surface area contributed by atoms with E-state index < -0.39 is 0 Å². The van der Waals surface area contributed by atoms with Crippen LogP contribution in [0.3, 0.4) is 0 Å². The Morgan fingerprint density at radius 2 is 1.86 bits per heavy atom. The second-order valence-electron chi connectivity index (χ2n) is 8.16. The molecule has 1 aromatic heterocycles. The van der Waals surface area contributed by atoms with Crippen LogP contribution in [0.25, 0.3) is 0 Å². The van der Waals surface area contributed by atoms with Crippen molar-refractivity contribution in [1.82, 2.24) is 19.9 Å². The van der Waals surface area contributed by atoms with Gasteiger partial charge in [-0.25, -0.2) is 0 Å². The van der Waals surface area contributed by atoms with Gasteiger partial charge in [0.25, 0.3) is 0 Å². The molecule has 0 spiro atoms. The van der Waals surface area contributed by atoms with E-state index in [-0.39, 0.29) is 6.04 Å². The summed E-state index contributed by atoms with van der Waals surface area (Å²) in [5.74, 6) is 2.29. The number of rotatable bonds is 6. The molecule has 6 nitrogen and oxygen atoms in total. The molecule has 150 valence electrons. The molecule has 0 saturated carbocycles. The quantitative estimate of drug-likeness (QED) is 0.766. The van der Waals surface area contributed by atoms with E-state index in [1.165, 1.54) is 5.56 Å². The van der Waals surface area contributed by atoms with Crippen LogP contribution in [0.5, 0.6) is 0 Å². The zero-order chi connectivity index (χ0) is 19.3. The normalized spacial score (nSPS) is 19.8. The fourth-order valence-electron chi connectivity index (χ4n) is 4.33. The van der Waals surface area contributed by atoms with E-state index in [2.05, 4.69) is 34.1 Å². The zero-order valence-electron chi connectivity index (χ0n) is 16.7. The van der Waals surface area contributed by atoms with Crippen molar-refractivity contribution in [2.45, 2.75) is 51.5 Å². The molecular formula is C22H30N4O2. The lowest BCUT2D eigenvalue weighted by atomic mass is 9.92. The summed E-state index contributed by atoms with van der Waals surface area (Å²) >= 11 is 0. The van der Waals surface area contributed by atoms with Crippen LogP contribution in [0.2, 0.25) is 0 Å². The van der Waals surface area contributed by atoms with Gasteiger partial charge >= 0.3 is 0 Å². The number of benzene rings is 1. The third-order valence-electron chi connectivity index (χ3n) is 6.17. The second-order valence-corrected chi connectivity index (χ2v) is 8.16. The van der Waals surface area contributed by atoms with Crippen LogP contribution >= 0.6 is 0 Å². The summed E-state index contributed by atoms with van der Waals surface area (Å²) in [7, 11) is 0. The van der Waals surface area contributed by atoms with Crippen molar-refractivity contribution < 1.29 is 9.32 Å². The summed E-state index contributed by atoms with van der Waals surface area (Å²) in [6.07, 6.45) is 5.86. The Balaban J connectivity index is 1.27. The second kappa shape index (κ2) is 8.86. The maximum atomic E-state index is 12.4. The van der Waals surface area contributed by atoms with Crippen molar-refractivity contribution in [3.63, 3.8) is 0 Å². The Hall–Kier alpha value is -2.21. The van der Waals surface area contributed by atoms with Crippen LogP contribution in [0.1, 0.15) is 62.3 Å². The molecule has 0 radical (unpaired) electrons. The Morgan fingerprint density at radius 3 is 2.57 bits per heavy atom. The van der Waals surface area contributed by atoms with E-state index in [0.717, 1.165) is 57.7 Å². The van der Waals surface area contributed by atoms with E-state index in [1.807, 2.05) is 23.1 Å². The van der Waals surface area contributed by atoms with Crippen molar-refractivity contribution in [3.05, 3.63) is 47.6 Å². The number of hydrogen-bond acceptors (Lipinski definition) is 5. The smallest absolute Gasteiger partial charge is 0.243 e. The van der Waals surface area contributed by atoms with E-state index in [9.17, 15) is 4.79 Å². The Morgan fingerprint density at radius 1 is 1.14 bits per heavy atom. The molecule has 2 aliphatic heterocycles. The van der Waals surface area contributed by atoms with Crippen molar-refractivity contribution in [3.8, 4) is 0 Å². The van der Waals surface area contributed by atoms with E-state index in [0.29, 0.717) is 30.6 Å². The number of hydrogen-bond donors (Lipinski definition) is 0. The molecule has 0 N–H and O–H groups in total. The third kappa shape index (κ3) is 4.61. The highest BCUT2D eigenvalue weighted by Crippen LogP contribution is 2.28. The minimum Gasteiger partial charge on any atom is -0.343 e. The summed E-state index contributed by atoms with van der Waals surface area (Å²) in [5, 5.41) is 4.16. The number of carbonyl (C=O) groups is 1. The fourth-order valence-corrected chi connectivity index (χ4v) is 4.33. The molecule has 1 atom stereocenters. The summed E-state index contributed by atoms with van der Waals surface area (Å²) in [5.41, 5.74) is 1.19. The first-order valence-electron chi connectivity index (χ1n) is 10.6. The predicted octanol–water partition coefficient (Wildman–Crippen LogP) is 3.45. The summed E-state index contributed by atoms with van der Waals surface area (Å²) in [6, 6.07) is 10.3. The molecule has 2 aliphatic rings. The van der Waals surface area contributed by atoms with Crippen LogP contribution in [-0.2, 0) is 11.2 Å². The van der Waals surface area contributed by atoms with Gasteiger partial charge in [0.2, 0.25) is 11.8 Å². The lowest BCUT2D eigenvalue weighted by Crippen LogP contribution is -2.38. The Kier molecular flexibility index (Phi) is 6.05. The van der Waals surface area contributed by atoms with Crippen LogP contribution < -0.4 is 0 Å². The van der Waals surface area contributed by atoms with Gasteiger partial charge in [0.05, 0.1) is 6.04 Å². The number of likely N-dealkylation sites (tertiary alicyclic amines) is 2. The largest absolute Gasteiger partial charge is 0.343 e. The van der Waals surface area contributed by atoms with Crippen molar-refractivity contribution in [2.75, 3.05) is 26.2 Å². The third-order valence-corrected chi connectivity index (χ3v) is 6.17. The Bertz CT molecular complexity index is 762. The minimum absolute atomic E-state index is 0.118. The zero-order valence-corrected chi connectivity index (χ0v) is 16.7. The molecule has 1 amide bonds. The lowest BCUT2D eigenvalue weighted by Gasteiger charge is -2.34. The molecule has 2 saturated heterocycles. The van der Waals surface area contributed by atoms with Gasteiger partial charge in [0, 0.05) is 25.9 Å². The van der Waals surface area contributed by atoms with E-state index in [1.54, 1.807) is 0 Å². The molecule has 1 unspecified atom stereocenters. The first-order valence-corrected chi connectivity index (χ1v) is 10.6. The van der Waals surface area contributed by atoms with Gasteiger partial charge in [-0.05, 0) is 57.2 Å². The van der Waals surface area contributed by atoms with Gasteiger partial charge < -0.3 is 9.42 Å². The van der Waals surface area contributed by atoms with Crippen LogP contribution in [0.4, 0.5) is 0 Å². The fraction of sp³-hybridized carbons (Fsp3) is 0.591. The first kappa shape index (κ1) is 19.1. The van der Waals surface area contributed by atoms with Gasteiger partial charge in [-0.15, -0.1) is 0 Å². The predicted molar refractivity (Wildman–Crippen MR) is 107 cm³/mol. The molecule has 0 aliphatic carbocycles. The number of aromatic nitrogens is 2.